The highest BCUT2D eigenvalue weighted by Crippen LogP contribution is 2.26. The van der Waals surface area contributed by atoms with Crippen molar-refractivity contribution in [3.8, 4) is 11.4 Å². The third-order valence-corrected chi connectivity index (χ3v) is 5.68. The van der Waals surface area contributed by atoms with Gasteiger partial charge in [-0.3, -0.25) is 19.1 Å². The molecule has 0 spiro atoms. The third-order valence-electron chi connectivity index (χ3n) is 5.68. The summed E-state index contributed by atoms with van der Waals surface area (Å²) in [6.07, 6.45) is 0.312. The molecule has 2 aromatic carbocycles. The maximum atomic E-state index is 13.0. The van der Waals surface area contributed by atoms with Crippen molar-refractivity contribution in [2.75, 3.05) is 12.4 Å². The standard InChI is InChI=1S/C25H25N3O6/c1-15-23(25(31)28(27(15)3)18-8-6-5-7-9-18)26-24(30)16(2)34-22(29)12-17-14-33-21-13-19(32-4)10-11-20(17)21/h5-11,13-14,16H,12H2,1-4H3,(H,26,30). The normalized spacial score (nSPS) is 11.9. The van der Waals surface area contributed by atoms with Crippen molar-refractivity contribution >= 4 is 28.5 Å². The van der Waals surface area contributed by atoms with Crippen LogP contribution in [0.4, 0.5) is 5.69 Å². The number of furan rings is 1. The molecule has 9 nitrogen and oxygen atoms in total. The number of carbonyl (C=O) groups is 2. The summed E-state index contributed by atoms with van der Waals surface area (Å²) < 4.78 is 19.1. The maximum Gasteiger partial charge on any atom is 0.311 e. The van der Waals surface area contributed by atoms with Gasteiger partial charge in [-0.1, -0.05) is 18.2 Å². The van der Waals surface area contributed by atoms with Crippen LogP contribution in [0.25, 0.3) is 16.7 Å². The smallest absolute Gasteiger partial charge is 0.311 e. The van der Waals surface area contributed by atoms with Gasteiger partial charge in [-0.15, -0.1) is 0 Å². The van der Waals surface area contributed by atoms with Crippen LogP contribution in [0.1, 0.15) is 18.2 Å². The zero-order chi connectivity index (χ0) is 24.4. The van der Waals surface area contributed by atoms with Gasteiger partial charge in [0.05, 0.1) is 31.2 Å². The van der Waals surface area contributed by atoms with Crippen molar-refractivity contribution in [3.63, 3.8) is 0 Å². The molecule has 4 rings (SSSR count). The van der Waals surface area contributed by atoms with Gasteiger partial charge in [0.2, 0.25) is 0 Å². The predicted octanol–water partition coefficient (Wildman–Crippen LogP) is 3.35. The Hall–Kier alpha value is -4.27. The number of fused-ring (bicyclic) bond motifs is 1. The molecule has 0 aliphatic heterocycles. The molecule has 176 valence electrons. The second kappa shape index (κ2) is 9.30. The van der Waals surface area contributed by atoms with Gasteiger partial charge < -0.3 is 19.2 Å². The Bertz CT molecular complexity index is 1410. The van der Waals surface area contributed by atoms with E-state index in [1.165, 1.54) is 17.9 Å². The molecule has 0 radical (unpaired) electrons. The fourth-order valence-electron chi connectivity index (χ4n) is 3.71. The van der Waals surface area contributed by atoms with E-state index in [-0.39, 0.29) is 17.7 Å². The second-order valence-electron chi connectivity index (χ2n) is 7.86. The Kier molecular flexibility index (Phi) is 6.27. The minimum absolute atomic E-state index is 0.0673. The van der Waals surface area contributed by atoms with Gasteiger partial charge in [0.15, 0.2) is 6.10 Å². The Morgan fingerprint density at radius 3 is 2.59 bits per heavy atom. The van der Waals surface area contributed by atoms with Crippen LogP contribution in [0.5, 0.6) is 5.75 Å². The van der Waals surface area contributed by atoms with Crippen LogP contribution >= 0.6 is 0 Å². The zero-order valence-electron chi connectivity index (χ0n) is 19.3. The van der Waals surface area contributed by atoms with Gasteiger partial charge >= 0.3 is 5.97 Å². The molecule has 9 heteroatoms. The Labute approximate surface area is 195 Å². The van der Waals surface area contributed by atoms with Crippen LogP contribution < -0.4 is 15.6 Å². The van der Waals surface area contributed by atoms with Gasteiger partial charge in [-0.25, -0.2) is 4.68 Å². The van der Waals surface area contributed by atoms with Crippen molar-refractivity contribution < 1.29 is 23.5 Å². The molecule has 2 aromatic heterocycles. The largest absolute Gasteiger partial charge is 0.497 e. The minimum atomic E-state index is -1.10. The summed E-state index contributed by atoms with van der Waals surface area (Å²) in [6, 6.07) is 14.4. The van der Waals surface area contributed by atoms with Gasteiger partial charge in [0, 0.05) is 24.1 Å². The molecule has 0 fully saturated rings. The van der Waals surface area contributed by atoms with Crippen molar-refractivity contribution in [1.82, 2.24) is 9.36 Å². The average Bonchev–Trinajstić information content (AvgIpc) is 3.32. The maximum absolute atomic E-state index is 13.0. The van der Waals surface area contributed by atoms with E-state index in [1.54, 1.807) is 56.1 Å². The van der Waals surface area contributed by atoms with E-state index < -0.39 is 18.0 Å². The molecule has 1 atom stereocenters. The molecule has 4 aromatic rings. The lowest BCUT2D eigenvalue weighted by molar-refractivity contribution is -0.152. The number of amides is 1. The lowest BCUT2D eigenvalue weighted by Crippen LogP contribution is -2.32. The van der Waals surface area contributed by atoms with Crippen LogP contribution in [0.2, 0.25) is 0 Å². The van der Waals surface area contributed by atoms with Gasteiger partial charge in [0.1, 0.15) is 17.0 Å². The van der Waals surface area contributed by atoms with Gasteiger partial charge in [0.25, 0.3) is 11.5 Å². The molecule has 0 bridgehead atoms. The summed E-state index contributed by atoms with van der Waals surface area (Å²) in [5.41, 5.74) is 2.22. The summed E-state index contributed by atoms with van der Waals surface area (Å²) in [4.78, 5) is 38.2. The fourth-order valence-corrected chi connectivity index (χ4v) is 3.71. The van der Waals surface area contributed by atoms with E-state index in [9.17, 15) is 14.4 Å². The van der Waals surface area contributed by atoms with E-state index >= 15 is 0 Å². The van der Waals surface area contributed by atoms with E-state index in [0.29, 0.717) is 28.3 Å². The van der Waals surface area contributed by atoms with E-state index in [4.69, 9.17) is 13.9 Å². The number of carbonyl (C=O) groups excluding carboxylic acids is 2. The number of methoxy groups -OCH3 is 1. The van der Waals surface area contributed by atoms with E-state index in [0.717, 1.165) is 5.39 Å². The average molecular weight is 463 g/mol. The van der Waals surface area contributed by atoms with Crippen molar-refractivity contribution in [3.05, 3.63) is 76.4 Å². The number of para-hydroxylation sites is 1. The van der Waals surface area contributed by atoms with Crippen LogP contribution in [0, 0.1) is 6.92 Å². The summed E-state index contributed by atoms with van der Waals surface area (Å²) in [6.45, 7) is 3.19. The fraction of sp³-hybridized carbons (Fsp3) is 0.240. The van der Waals surface area contributed by atoms with Crippen molar-refractivity contribution in [2.24, 2.45) is 7.05 Å². The first-order valence-electron chi connectivity index (χ1n) is 10.7. The second-order valence-corrected chi connectivity index (χ2v) is 7.86. The topological polar surface area (TPSA) is 105 Å². The number of hydrogen-bond donors (Lipinski definition) is 1. The first kappa shape index (κ1) is 22.9. The number of nitrogens with zero attached hydrogens (tertiary/aromatic N) is 2. The van der Waals surface area contributed by atoms with Crippen LogP contribution in [0.15, 0.2) is 64.0 Å². The molecule has 34 heavy (non-hydrogen) atoms. The van der Waals surface area contributed by atoms with Crippen LogP contribution in [0.3, 0.4) is 0 Å². The minimum Gasteiger partial charge on any atom is -0.497 e. The molecule has 1 N–H and O–H groups in total. The number of esters is 1. The predicted molar refractivity (Wildman–Crippen MR) is 126 cm³/mol. The van der Waals surface area contributed by atoms with Gasteiger partial charge in [-0.05, 0) is 38.1 Å². The number of anilines is 1. The van der Waals surface area contributed by atoms with Crippen molar-refractivity contribution in [1.29, 1.82) is 0 Å². The Morgan fingerprint density at radius 1 is 1.15 bits per heavy atom. The van der Waals surface area contributed by atoms with Crippen LogP contribution in [-0.2, 0) is 27.8 Å². The number of benzene rings is 2. The first-order valence-corrected chi connectivity index (χ1v) is 10.7. The van der Waals surface area contributed by atoms with E-state index in [1.807, 2.05) is 18.2 Å². The number of rotatable bonds is 7. The Balaban J connectivity index is 1.45. The highest BCUT2D eigenvalue weighted by atomic mass is 16.5. The molecule has 0 saturated heterocycles. The number of hydrogen-bond acceptors (Lipinski definition) is 6. The van der Waals surface area contributed by atoms with Crippen molar-refractivity contribution in [2.45, 2.75) is 26.4 Å². The molecule has 1 unspecified atom stereocenters. The number of aromatic nitrogens is 2. The number of ether oxygens (including phenoxy) is 2. The molecular formula is C25H25N3O6. The summed E-state index contributed by atoms with van der Waals surface area (Å²) in [5, 5.41) is 3.37. The molecular weight excluding hydrogens is 438 g/mol. The summed E-state index contributed by atoms with van der Waals surface area (Å²) in [7, 11) is 3.29. The quantitative estimate of drug-likeness (QED) is 0.422. The van der Waals surface area contributed by atoms with E-state index in [2.05, 4.69) is 5.32 Å². The lowest BCUT2D eigenvalue weighted by Gasteiger charge is -2.12. The molecule has 2 heterocycles. The highest BCUT2D eigenvalue weighted by Gasteiger charge is 2.23. The molecule has 0 aliphatic rings. The monoisotopic (exact) mass is 463 g/mol. The highest BCUT2D eigenvalue weighted by molar-refractivity contribution is 5.96. The Morgan fingerprint density at radius 2 is 1.88 bits per heavy atom. The van der Waals surface area contributed by atoms with Gasteiger partial charge in [-0.2, -0.15) is 0 Å². The SMILES string of the molecule is COc1ccc2c(CC(=O)OC(C)C(=O)Nc3c(C)n(C)n(-c4ccccc4)c3=O)coc2c1. The third kappa shape index (κ3) is 4.32. The van der Waals surface area contributed by atoms with Crippen LogP contribution in [-0.4, -0.2) is 34.5 Å². The summed E-state index contributed by atoms with van der Waals surface area (Å²) >= 11 is 0. The summed E-state index contributed by atoms with van der Waals surface area (Å²) in [5.74, 6) is -0.544. The molecule has 0 saturated carbocycles. The molecule has 1 amide bonds. The zero-order valence-corrected chi connectivity index (χ0v) is 19.3. The first-order chi connectivity index (χ1) is 16.3. The number of nitrogens with one attached hydrogen (secondary N) is 1. The molecule has 0 aliphatic carbocycles. The lowest BCUT2D eigenvalue weighted by atomic mass is 10.1.